The number of fused-ring (bicyclic) bond motifs is 2. The third-order valence-electron chi connectivity index (χ3n) is 3.89. The summed E-state index contributed by atoms with van der Waals surface area (Å²) in [5, 5.41) is 0. The standard InChI is InChI=1S/C13H23NO5S/c1-12(2,3)19-11(15)14-10-5-7-13(14,8-6-10)9-18-20(4,16)17/h10H,5-9H2,1-4H3. The van der Waals surface area contributed by atoms with E-state index in [1.165, 1.54) is 0 Å². The maximum atomic E-state index is 12.4. The van der Waals surface area contributed by atoms with Gasteiger partial charge in [0.1, 0.15) is 5.60 Å². The van der Waals surface area contributed by atoms with Crippen molar-refractivity contribution in [2.24, 2.45) is 0 Å². The van der Waals surface area contributed by atoms with Crippen molar-refractivity contribution >= 4 is 16.2 Å². The van der Waals surface area contributed by atoms with Crippen LogP contribution in [0, 0.1) is 0 Å². The van der Waals surface area contributed by atoms with E-state index in [0.29, 0.717) is 0 Å². The van der Waals surface area contributed by atoms with Crippen LogP contribution >= 0.6 is 0 Å². The lowest BCUT2D eigenvalue weighted by molar-refractivity contribution is 0.00197. The molecule has 0 spiro atoms. The van der Waals surface area contributed by atoms with Crippen LogP contribution in [-0.2, 0) is 19.0 Å². The summed E-state index contributed by atoms with van der Waals surface area (Å²) in [6, 6.07) is 0.146. The van der Waals surface area contributed by atoms with Gasteiger partial charge in [0.2, 0.25) is 0 Å². The number of nitrogens with zero attached hydrogens (tertiary/aromatic N) is 1. The molecule has 2 saturated heterocycles. The van der Waals surface area contributed by atoms with E-state index in [-0.39, 0.29) is 18.7 Å². The predicted molar refractivity (Wildman–Crippen MR) is 73.9 cm³/mol. The maximum absolute atomic E-state index is 12.4. The molecule has 6 nitrogen and oxygen atoms in total. The Balaban J connectivity index is 2.13. The Morgan fingerprint density at radius 1 is 1.30 bits per heavy atom. The van der Waals surface area contributed by atoms with Crippen LogP contribution in [0.2, 0.25) is 0 Å². The first-order chi connectivity index (χ1) is 9.03. The molecule has 0 aliphatic carbocycles. The molecule has 0 N–H and O–H groups in total. The molecule has 2 fully saturated rings. The number of carbonyl (C=O) groups excluding carboxylic acids is 1. The van der Waals surface area contributed by atoms with Crippen molar-refractivity contribution in [1.82, 2.24) is 4.90 Å². The molecule has 2 rings (SSSR count). The summed E-state index contributed by atoms with van der Waals surface area (Å²) in [5.41, 5.74) is -1.08. The lowest BCUT2D eigenvalue weighted by Crippen LogP contribution is -2.50. The van der Waals surface area contributed by atoms with Gasteiger partial charge < -0.3 is 4.74 Å². The van der Waals surface area contributed by atoms with E-state index in [2.05, 4.69) is 0 Å². The third kappa shape index (κ3) is 3.25. The number of rotatable bonds is 3. The minimum Gasteiger partial charge on any atom is -0.444 e. The summed E-state index contributed by atoms with van der Waals surface area (Å²) in [7, 11) is -3.50. The van der Waals surface area contributed by atoms with Crippen molar-refractivity contribution in [3.63, 3.8) is 0 Å². The Labute approximate surface area is 120 Å². The molecule has 2 heterocycles. The summed E-state index contributed by atoms with van der Waals surface area (Å²) < 4.78 is 32.8. The van der Waals surface area contributed by atoms with E-state index >= 15 is 0 Å². The first-order valence-electron chi connectivity index (χ1n) is 6.89. The van der Waals surface area contributed by atoms with Gasteiger partial charge in [0.25, 0.3) is 10.1 Å². The molecule has 1 amide bonds. The molecule has 7 heteroatoms. The van der Waals surface area contributed by atoms with E-state index in [4.69, 9.17) is 8.92 Å². The number of carbonyl (C=O) groups is 1. The molecule has 116 valence electrons. The minimum atomic E-state index is -3.50. The topological polar surface area (TPSA) is 72.9 Å². The molecule has 2 bridgehead atoms. The van der Waals surface area contributed by atoms with Crippen molar-refractivity contribution in [1.29, 1.82) is 0 Å². The van der Waals surface area contributed by atoms with Gasteiger partial charge >= 0.3 is 6.09 Å². The second kappa shape index (κ2) is 4.87. The van der Waals surface area contributed by atoms with Crippen LogP contribution in [0.4, 0.5) is 4.79 Å². The second-order valence-corrected chi connectivity index (χ2v) is 8.42. The van der Waals surface area contributed by atoms with Gasteiger partial charge in [-0.1, -0.05) is 0 Å². The third-order valence-corrected chi connectivity index (χ3v) is 4.44. The zero-order valence-electron chi connectivity index (χ0n) is 12.5. The van der Waals surface area contributed by atoms with Gasteiger partial charge in [0, 0.05) is 6.04 Å². The SMILES string of the molecule is CC(C)(C)OC(=O)N1C2CCC1(COS(C)(=O)=O)CC2. The fourth-order valence-electron chi connectivity index (χ4n) is 3.11. The first-order valence-corrected chi connectivity index (χ1v) is 8.71. The van der Waals surface area contributed by atoms with Crippen molar-refractivity contribution < 1.29 is 22.1 Å². The van der Waals surface area contributed by atoms with Crippen LogP contribution in [-0.4, -0.2) is 49.5 Å². The summed E-state index contributed by atoms with van der Waals surface area (Å²) in [4.78, 5) is 14.1. The van der Waals surface area contributed by atoms with Gasteiger partial charge in [0.05, 0.1) is 18.4 Å². The van der Waals surface area contributed by atoms with Gasteiger partial charge in [-0.25, -0.2) is 4.79 Å². The lowest BCUT2D eigenvalue weighted by Gasteiger charge is -2.35. The molecule has 20 heavy (non-hydrogen) atoms. The molecule has 0 atom stereocenters. The Kier molecular flexibility index (Phi) is 3.79. The Bertz CT molecular complexity index is 485. The first kappa shape index (κ1) is 15.6. The van der Waals surface area contributed by atoms with Crippen LogP contribution in [0.3, 0.4) is 0 Å². The molecule has 0 saturated carbocycles. The fraction of sp³-hybridized carbons (Fsp3) is 0.923. The molecule has 2 aliphatic heterocycles. The van der Waals surface area contributed by atoms with E-state index < -0.39 is 21.3 Å². The minimum absolute atomic E-state index is 0.0293. The highest BCUT2D eigenvalue weighted by molar-refractivity contribution is 7.85. The Morgan fingerprint density at radius 2 is 1.85 bits per heavy atom. The van der Waals surface area contributed by atoms with Crippen molar-refractivity contribution in [2.45, 2.75) is 63.6 Å². The van der Waals surface area contributed by atoms with Gasteiger partial charge in [-0.2, -0.15) is 8.42 Å². The van der Waals surface area contributed by atoms with Gasteiger partial charge in [-0.15, -0.1) is 0 Å². The quantitative estimate of drug-likeness (QED) is 0.745. The summed E-state index contributed by atoms with van der Waals surface area (Å²) in [6.45, 7) is 5.50. The Hall–Kier alpha value is -0.820. The fourth-order valence-corrected chi connectivity index (χ4v) is 3.54. The summed E-state index contributed by atoms with van der Waals surface area (Å²) >= 11 is 0. The van der Waals surface area contributed by atoms with Gasteiger partial charge in [0.15, 0.2) is 0 Å². The highest BCUT2D eigenvalue weighted by Gasteiger charge is 2.55. The maximum Gasteiger partial charge on any atom is 0.411 e. The highest BCUT2D eigenvalue weighted by atomic mass is 32.2. The van der Waals surface area contributed by atoms with Crippen LogP contribution in [0.15, 0.2) is 0 Å². The van der Waals surface area contributed by atoms with Crippen LogP contribution in [0.1, 0.15) is 46.5 Å². The zero-order chi connectivity index (χ0) is 15.2. The molecule has 0 radical (unpaired) electrons. The average molecular weight is 305 g/mol. The van der Waals surface area contributed by atoms with E-state index in [9.17, 15) is 13.2 Å². The van der Waals surface area contributed by atoms with Crippen molar-refractivity contribution in [2.75, 3.05) is 12.9 Å². The molecule has 2 aliphatic rings. The van der Waals surface area contributed by atoms with E-state index in [0.717, 1.165) is 31.9 Å². The number of ether oxygens (including phenoxy) is 1. The second-order valence-electron chi connectivity index (χ2n) is 6.77. The van der Waals surface area contributed by atoms with Crippen molar-refractivity contribution in [3.8, 4) is 0 Å². The monoisotopic (exact) mass is 305 g/mol. The number of hydrogen-bond acceptors (Lipinski definition) is 5. The molecular weight excluding hydrogens is 282 g/mol. The molecule has 0 aromatic rings. The smallest absolute Gasteiger partial charge is 0.411 e. The number of amides is 1. The predicted octanol–water partition coefficient (Wildman–Crippen LogP) is 1.89. The van der Waals surface area contributed by atoms with Gasteiger partial charge in [-0.3, -0.25) is 9.08 Å². The molecular formula is C13H23NO5S. The molecule has 0 unspecified atom stereocenters. The average Bonchev–Trinajstić information content (AvgIpc) is 2.78. The largest absolute Gasteiger partial charge is 0.444 e. The number of hydrogen-bond donors (Lipinski definition) is 0. The molecule has 0 aromatic heterocycles. The Morgan fingerprint density at radius 3 is 2.30 bits per heavy atom. The summed E-state index contributed by atoms with van der Waals surface area (Å²) in [5.74, 6) is 0. The normalized spacial score (nSPS) is 29.8. The highest BCUT2D eigenvalue weighted by Crippen LogP contribution is 2.47. The van der Waals surface area contributed by atoms with E-state index in [1.807, 2.05) is 20.8 Å². The van der Waals surface area contributed by atoms with Crippen LogP contribution < -0.4 is 0 Å². The van der Waals surface area contributed by atoms with E-state index in [1.54, 1.807) is 4.90 Å². The molecule has 0 aromatic carbocycles. The van der Waals surface area contributed by atoms with Crippen LogP contribution in [0.5, 0.6) is 0 Å². The zero-order valence-corrected chi connectivity index (χ0v) is 13.3. The van der Waals surface area contributed by atoms with Crippen molar-refractivity contribution in [3.05, 3.63) is 0 Å². The van der Waals surface area contributed by atoms with Gasteiger partial charge in [-0.05, 0) is 46.5 Å². The summed E-state index contributed by atoms with van der Waals surface area (Å²) in [6.07, 6.45) is 3.97. The van der Waals surface area contributed by atoms with Crippen LogP contribution in [0.25, 0.3) is 0 Å². The lowest BCUT2D eigenvalue weighted by atomic mass is 9.89.